The average molecular weight is 275 g/mol. The Morgan fingerprint density at radius 2 is 1.85 bits per heavy atom. The number of rotatable bonds is 4. The lowest BCUT2D eigenvalue weighted by molar-refractivity contribution is -0.110. The van der Waals surface area contributed by atoms with Gasteiger partial charge in [0.2, 0.25) is 0 Å². The predicted octanol–water partition coefficient (Wildman–Crippen LogP) is 2.94. The van der Waals surface area contributed by atoms with Gasteiger partial charge in [-0.25, -0.2) is 4.79 Å². The minimum Gasteiger partial charge on any atom is -0.443 e. The van der Waals surface area contributed by atoms with Crippen molar-refractivity contribution < 1.29 is 14.3 Å². The Hall–Kier alpha value is -1.84. The minimum atomic E-state index is -0.727. The summed E-state index contributed by atoms with van der Waals surface area (Å²) < 4.78 is 5.24. The van der Waals surface area contributed by atoms with E-state index in [1.54, 1.807) is 0 Å². The summed E-state index contributed by atoms with van der Waals surface area (Å²) in [4.78, 5) is 22.1. The number of ether oxygens (including phenoxy) is 1. The molecule has 0 radical (unpaired) electrons. The molecule has 1 saturated carbocycles. The van der Waals surface area contributed by atoms with Crippen LogP contribution < -0.4 is 5.73 Å². The molecule has 1 fully saturated rings. The smallest absolute Gasteiger partial charge is 0.405 e. The molecule has 0 atom stereocenters. The minimum absolute atomic E-state index is 0.135. The van der Waals surface area contributed by atoms with E-state index in [1.165, 1.54) is 5.56 Å². The van der Waals surface area contributed by atoms with Crippen LogP contribution in [-0.2, 0) is 14.9 Å². The fourth-order valence-electron chi connectivity index (χ4n) is 3.16. The molecule has 4 nitrogen and oxygen atoms in total. The van der Waals surface area contributed by atoms with Gasteiger partial charge in [0.1, 0.15) is 11.9 Å². The average Bonchev–Trinajstić information content (AvgIpc) is 2.42. The lowest BCUT2D eigenvalue weighted by atomic mass is 9.64. The Labute approximate surface area is 119 Å². The van der Waals surface area contributed by atoms with Crippen LogP contribution in [0.4, 0.5) is 4.79 Å². The highest BCUT2D eigenvalue weighted by Gasteiger charge is 2.42. The first-order valence-electron chi connectivity index (χ1n) is 6.97. The first-order valence-corrected chi connectivity index (χ1v) is 6.97. The summed E-state index contributed by atoms with van der Waals surface area (Å²) >= 11 is 0. The second-order valence-electron chi connectivity index (χ2n) is 5.89. The third kappa shape index (κ3) is 3.00. The number of hydrogen-bond donors (Lipinski definition) is 1. The lowest BCUT2D eigenvalue weighted by Gasteiger charge is -2.44. The zero-order chi connectivity index (χ0) is 14.6. The standard InChI is InChI=1S/C16H21NO3/c1-15(20-14(17)19)7-9-16(10-8-15,11-12-18)13-5-3-2-4-6-13/h2-6,12H,7-11H2,1H3,(H2,17,19). The SMILES string of the molecule is CC1(OC(N)=O)CCC(CC=O)(c2ccccc2)CC1. The molecular formula is C16H21NO3. The van der Waals surface area contributed by atoms with Crippen LogP contribution in [0.2, 0.25) is 0 Å². The van der Waals surface area contributed by atoms with Crippen LogP contribution in [0, 0.1) is 0 Å². The molecule has 0 heterocycles. The van der Waals surface area contributed by atoms with Crippen molar-refractivity contribution in [2.75, 3.05) is 0 Å². The molecule has 0 aliphatic heterocycles. The normalized spacial score (nSPS) is 29.6. The highest BCUT2D eigenvalue weighted by Crippen LogP contribution is 2.46. The fourth-order valence-corrected chi connectivity index (χ4v) is 3.16. The topological polar surface area (TPSA) is 69.4 Å². The number of benzene rings is 1. The first kappa shape index (κ1) is 14.6. The summed E-state index contributed by atoms with van der Waals surface area (Å²) in [5, 5.41) is 0. The molecule has 1 aliphatic rings. The number of primary amides is 1. The highest BCUT2D eigenvalue weighted by molar-refractivity contribution is 5.65. The van der Waals surface area contributed by atoms with Gasteiger partial charge < -0.3 is 15.3 Å². The molecule has 20 heavy (non-hydrogen) atoms. The molecule has 1 aromatic rings. The molecule has 0 bridgehead atoms. The lowest BCUT2D eigenvalue weighted by Crippen LogP contribution is -2.43. The molecular weight excluding hydrogens is 254 g/mol. The molecule has 108 valence electrons. The van der Waals surface area contributed by atoms with Crippen molar-refractivity contribution in [1.29, 1.82) is 0 Å². The molecule has 1 amide bonds. The van der Waals surface area contributed by atoms with Gasteiger partial charge in [0.15, 0.2) is 0 Å². The number of amides is 1. The van der Waals surface area contributed by atoms with Crippen molar-refractivity contribution in [3.8, 4) is 0 Å². The van der Waals surface area contributed by atoms with E-state index in [0.29, 0.717) is 6.42 Å². The Bertz CT molecular complexity index is 476. The summed E-state index contributed by atoms with van der Waals surface area (Å²) in [6.45, 7) is 1.91. The third-order valence-electron chi connectivity index (χ3n) is 4.47. The van der Waals surface area contributed by atoms with Gasteiger partial charge in [-0.15, -0.1) is 0 Å². The first-order chi connectivity index (χ1) is 9.50. The molecule has 2 N–H and O–H groups in total. The largest absolute Gasteiger partial charge is 0.443 e. The van der Waals surface area contributed by atoms with Crippen LogP contribution in [0.25, 0.3) is 0 Å². The number of aldehydes is 1. The Morgan fingerprint density at radius 3 is 2.35 bits per heavy atom. The van der Waals surface area contributed by atoms with Gasteiger partial charge in [-0.05, 0) is 38.2 Å². The zero-order valence-electron chi connectivity index (χ0n) is 11.8. The van der Waals surface area contributed by atoms with Crippen LogP contribution in [0.5, 0.6) is 0 Å². The molecule has 1 aromatic carbocycles. The van der Waals surface area contributed by atoms with Gasteiger partial charge in [0.25, 0.3) is 0 Å². The van der Waals surface area contributed by atoms with Crippen molar-refractivity contribution in [3.05, 3.63) is 35.9 Å². The Morgan fingerprint density at radius 1 is 1.25 bits per heavy atom. The number of hydrogen-bond acceptors (Lipinski definition) is 3. The summed E-state index contributed by atoms with van der Waals surface area (Å²) in [5.41, 5.74) is 5.67. The number of nitrogens with two attached hydrogens (primary N) is 1. The maximum atomic E-state index is 11.1. The Balaban J connectivity index is 2.18. The maximum Gasteiger partial charge on any atom is 0.405 e. The van der Waals surface area contributed by atoms with E-state index in [4.69, 9.17) is 10.5 Å². The van der Waals surface area contributed by atoms with Gasteiger partial charge in [0, 0.05) is 11.8 Å². The van der Waals surface area contributed by atoms with E-state index >= 15 is 0 Å². The second kappa shape index (κ2) is 5.65. The van der Waals surface area contributed by atoms with E-state index in [9.17, 15) is 9.59 Å². The van der Waals surface area contributed by atoms with Crippen molar-refractivity contribution in [2.45, 2.75) is 50.0 Å². The fraction of sp³-hybridized carbons (Fsp3) is 0.500. The third-order valence-corrected chi connectivity index (χ3v) is 4.47. The van der Waals surface area contributed by atoms with Gasteiger partial charge in [-0.1, -0.05) is 30.3 Å². The van der Waals surface area contributed by atoms with Gasteiger partial charge in [0.05, 0.1) is 0 Å². The monoisotopic (exact) mass is 275 g/mol. The molecule has 2 rings (SSSR count). The second-order valence-corrected chi connectivity index (χ2v) is 5.89. The van der Waals surface area contributed by atoms with Crippen LogP contribution in [0.15, 0.2) is 30.3 Å². The van der Waals surface area contributed by atoms with Crippen molar-refractivity contribution in [1.82, 2.24) is 0 Å². The van der Waals surface area contributed by atoms with Crippen LogP contribution >= 0.6 is 0 Å². The van der Waals surface area contributed by atoms with E-state index in [1.807, 2.05) is 25.1 Å². The van der Waals surface area contributed by atoms with Crippen LogP contribution in [0.1, 0.15) is 44.6 Å². The quantitative estimate of drug-likeness (QED) is 0.859. The molecule has 0 saturated heterocycles. The van der Waals surface area contributed by atoms with Crippen molar-refractivity contribution >= 4 is 12.4 Å². The molecule has 0 spiro atoms. The maximum absolute atomic E-state index is 11.1. The summed E-state index contributed by atoms with van der Waals surface area (Å²) in [7, 11) is 0. The number of carbonyl (C=O) groups is 2. The van der Waals surface area contributed by atoms with Gasteiger partial charge in [-0.2, -0.15) is 0 Å². The molecule has 0 aromatic heterocycles. The van der Waals surface area contributed by atoms with Crippen molar-refractivity contribution in [3.63, 3.8) is 0 Å². The van der Waals surface area contributed by atoms with Crippen LogP contribution in [-0.4, -0.2) is 18.0 Å². The number of carbonyl (C=O) groups excluding carboxylic acids is 2. The summed E-state index contributed by atoms with van der Waals surface area (Å²) in [5.74, 6) is 0. The van der Waals surface area contributed by atoms with Crippen molar-refractivity contribution in [2.24, 2.45) is 5.73 Å². The van der Waals surface area contributed by atoms with Gasteiger partial charge in [-0.3, -0.25) is 0 Å². The summed E-state index contributed by atoms with van der Waals surface area (Å²) in [6.07, 6.45) is 3.85. The molecule has 1 aliphatic carbocycles. The zero-order valence-corrected chi connectivity index (χ0v) is 11.8. The van der Waals surface area contributed by atoms with E-state index in [0.717, 1.165) is 32.0 Å². The Kier molecular flexibility index (Phi) is 4.12. The van der Waals surface area contributed by atoms with E-state index < -0.39 is 11.7 Å². The predicted molar refractivity (Wildman–Crippen MR) is 76.3 cm³/mol. The molecule has 0 unspecified atom stereocenters. The highest BCUT2D eigenvalue weighted by atomic mass is 16.6. The molecule has 4 heteroatoms. The van der Waals surface area contributed by atoms with Crippen LogP contribution in [0.3, 0.4) is 0 Å². The van der Waals surface area contributed by atoms with E-state index in [2.05, 4.69) is 12.1 Å². The van der Waals surface area contributed by atoms with Gasteiger partial charge >= 0.3 is 6.09 Å². The summed E-state index contributed by atoms with van der Waals surface area (Å²) in [6, 6.07) is 10.1. The van der Waals surface area contributed by atoms with E-state index in [-0.39, 0.29) is 5.41 Å².